The molecule has 0 saturated carbocycles. The van der Waals surface area contributed by atoms with Gasteiger partial charge in [-0.25, -0.2) is 0 Å². The number of likely N-dealkylation sites (tertiary alicyclic amines) is 1. The summed E-state index contributed by atoms with van der Waals surface area (Å²) in [6.07, 6.45) is 8.16. The minimum absolute atomic E-state index is 0.444. The maximum absolute atomic E-state index is 5.69. The van der Waals surface area contributed by atoms with Crippen molar-refractivity contribution >= 4 is 0 Å². The van der Waals surface area contributed by atoms with Crippen LogP contribution < -0.4 is 5.73 Å². The first-order valence-corrected chi connectivity index (χ1v) is 7.11. The largest absolute Gasteiger partial charge is 0.330 e. The van der Waals surface area contributed by atoms with Gasteiger partial charge in [0, 0.05) is 18.6 Å². The summed E-state index contributed by atoms with van der Waals surface area (Å²) in [5, 5.41) is 0. The van der Waals surface area contributed by atoms with Gasteiger partial charge in [-0.2, -0.15) is 0 Å². The molecule has 1 unspecified atom stereocenters. The molecule has 0 bridgehead atoms. The zero-order chi connectivity index (χ0) is 12.0. The van der Waals surface area contributed by atoms with E-state index in [1.54, 1.807) is 0 Å². The molecule has 1 aliphatic heterocycles. The maximum Gasteiger partial charge on any atom is 0.0179 e. The molecule has 2 heteroatoms. The van der Waals surface area contributed by atoms with Crippen molar-refractivity contribution in [2.75, 3.05) is 19.6 Å². The predicted molar refractivity (Wildman–Crippen MR) is 71.6 cm³/mol. The summed E-state index contributed by atoms with van der Waals surface area (Å²) in [6.45, 7) is 10.4. The smallest absolute Gasteiger partial charge is 0.0179 e. The Labute approximate surface area is 102 Å². The van der Waals surface area contributed by atoms with Gasteiger partial charge in [0.15, 0.2) is 0 Å². The van der Waals surface area contributed by atoms with Crippen molar-refractivity contribution in [2.45, 2.75) is 64.8 Å². The van der Waals surface area contributed by atoms with Gasteiger partial charge in [0.1, 0.15) is 0 Å². The van der Waals surface area contributed by atoms with Gasteiger partial charge in [-0.1, -0.05) is 39.5 Å². The van der Waals surface area contributed by atoms with Crippen LogP contribution in [0.4, 0.5) is 0 Å². The lowest BCUT2D eigenvalue weighted by Gasteiger charge is -2.51. The molecule has 0 aromatic rings. The Kier molecular flexibility index (Phi) is 5.77. The molecule has 2 nitrogen and oxygen atoms in total. The van der Waals surface area contributed by atoms with Gasteiger partial charge in [0.25, 0.3) is 0 Å². The van der Waals surface area contributed by atoms with E-state index in [9.17, 15) is 0 Å². The fourth-order valence-corrected chi connectivity index (χ4v) is 2.65. The minimum atomic E-state index is 0.444. The second kappa shape index (κ2) is 6.61. The summed E-state index contributed by atoms with van der Waals surface area (Å²) in [6, 6.07) is 0. The lowest BCUT2D eigenvalue weighted by molar-refractivity contribution is -0.0116. The highest BCUT2D eigenvalue weighted by Crippen LogP contribution is 2.32. The first kappa shape index (κ1) is 14.0. The Hall–Kier alpha value is -0.0800. The Balaban J connectivity index is 2.27. The summed E-state index contributed by atoms with van der Waals surface area (Å²) in [5.74, 6) is 0.765. The molecular formula is C14H30N2. The second-order valence-corrected chi connectivity index (χ2v) is 5.67. The molecule has 2 N–H and O–H groups in total. The molecule has 1 heterocycles. The van der Waals surface area contributed by atoms with Gasteiger partial charge in [-0.15, -0.1) is 0 Å². The lowest BCUT2D eigenvalue weighted by Crippen LogP contribution is -2.59. The highest BCUT2D eigenvalue weighted by atomic mass is 15.2. The zero-order valence-corrected chi connectivity index (χ0v) is 11.5. The Morgan fingerprint density at radius 1 is 1.19 bits per heavy atom. The summed E-state index contributed by atoms with van der Waals surface area (Å²) in [4.78, 5) is 2.65. The molecule has 1 aliphatic rings. The summed E-state index contributed by atoms with van der Waals surface area (Å²) < 4.78 is 0. The van der Waals surface area contributed by atoms with E-state index in [-0.39, 0.29) is 0 Å². The molecule has 96 valence electrons. The highest BCUT2D eigenvalue weighted by Gasteiger charge is 2.37. The van der Waals surface area contributed by atoms with Gasteiger partial charge in [0.05, 0.1) is 0 Å². The topological polar surface area (TPSA) is 29.3 Å². The fraction of sp³-hybridized carbons (Fsp3) is 1.00. The Bertz CT molecular complexity index is 187. The molecule has 0 amide bonds. The molecule has 0 aliphatic carbocycles. The number of nitrogens with zero attached hydrogens (tertiary/aromatic N) is 1. The third-order valence-corrected chi connectivity index (χ3v) is 4.38. The maximum atomic E-state index is 5.69. The van der Waals surface area contributed by atoms with Gasteiger partial charge in [0.2, 0.25) is 0 Å². The van der Waals surface area contributed by atoms with E-state index in [2.05, 4.69) is 25.7 Å². The highest BCUT2D eigenvalue weighted by molar-refractivity contribution is 4.93. The summed E-state index contributed by atoms with van der Waals surface area (Å²) in [5.41, 5.74) is 6.14. The molecule has 1 saturated heterocycles. The van der Waals surface area contributed by atoms with Gasteiger partial charge in [-0.3, -0.25) is 4.90 Å². The lowest BCUT2D eigenvalue weighted by atomic mass is 9.84. The average molecular weight is 226 g/mol. The Morgan fingerprint density at radius 3 is 2.38 bits per heavy atom. The summed E-state index contributed by atoms with van der Waals surface area (Å²) >= 11 is 0. The summed E-state index contributed by atoms with van der Waals surface area (Å²) in [7, 11) is 0. The molecule has 0 aromatic carbocycles. The number of hydrogen-bond donors (Lipinski definition) is 1. The number of unbranched alkanes of at least 4 members (excludes halogenated alkanes) is 3. The normalized spacial score (nSPS) is 21.8. The molecule has 1 atom stereocenters. The van der Waals surface area contributed by atoms with Crippen molar-refractivity contribution in [3.8, 4) is 0 Å². The van der Waals surface area contributed by atoms with E-state index in [0.717, 1.165) is 12.5 Å². The number of rotatable bonds is 8. The van der Waals surface area contributed by atoms with Crippen LogP contribution in [0.5, 0.6) is 0 Å². The Morgan fingerprint density at radius 2 is 1.88 bits per heavy atom. The SMILES string of the molecule is CCCCCCC(C)(CC)N1CC(CN)C1. The molecular weight excluding hydrogens is 196 g/mol. The van der Waals surface area contributed by atoms with Crippen molar-refractivity contribution in [1.29, 1.82) is 0 Å². The van der Waals surface area contributed by atoms with Crippen LogP contribution in [-0.4, -0.2) is 30.1 Å². The van der Waals surface area contributed by atoms with Crippen LogP contribution in [0.3, 0.4) is 0 Å². The standard InChI is InChI=1S/C14H30N2/c1-4-6-7-8-9-14(3,5-2)16-11-13(10-15)12-16/h13H,4-12,15H2,1-3H3. The van der Waals surface area contributed by atoms with E-state index in [0.29, 0.717) is 5.54 Å². The van der Waals surface area contributed by atoms with Crippen LogP contribution in [0.2, 0.25) is 0 Å². The minimum Gasteiger partial charge on any atom is -0.330 e. The molecule has 0 aromatic heterocycles. The quantitative estimate of drug-likeness (QED) is 0.645. The van der Waals surface area contributed by atoms with Crippen LogP contribution in [0.25, 0.3) is 0 Å². The number of nitrogens with two attached hydrogens (primary N) is 1. The monoisotopic (exact) mass is 226 g/mol. The van der Waals surface area contributed by atoms with E-state index < -0.39 is 0 Å². The zero-order valence-electron chi connectivity index (χ0n) is 11.5. The van der Waals surface area contributed by atoms with Crippen molar-refractivity contribution in [2.24, 2.45) is 11.7 Å². The van der Waals surface area contributed by atoms with Crippen molar-refractivity contribution in [1.82, 2.24) is 4.90 Å². The van der Waals surface area contributed by atoms with Crippen molar-refractivity contribution in [3.63, 3.8) is 0 Å². The van der Waals surface area contributed by atoms with Crippen LogP contribution in [0.1, 0.15) is 59.3 Å². The van der Waals surface area contributed by atoms with E-state index >= 15 is 0 Å². The molecule has 0 spiro atoms. The van der Waals surface area contributed by atoms with Crippen molar-refractivity contribution in [3.05, 3.63) is 0 Å². The fourth-order valence-electron chi connectivity index (χ4n) is 2.65. The molecule has 1 fully saturated rings. The van der Waals surface area contributed by atoms with Gasteiger partial charge < -0.3 is 5.73 Å². The predicted octanol–water partition coefficient (Wildman–Crippen LogP) is 3.02. The third-order valence-electron chi connectivity index (χ3n) is 4.38. The van der Waals surface area contributed by atoms with E-state index in [4.69, 9.17) is 5.73 Å². The van der Waals surface area contributed by atoms with E-state index in [1.807, 2.05) is 0 Å². The van der Waals surface area contributed by atoms with Crippen LogP contribution in [-0.2, 0) is 0 Å². The van der Waals surface area contributed by atoms with E-state index in [1.165, 1.54) is 51.6 Å². The van der Waals surface area contributed by atoms with Crippen LogP contribution in [0, 0.1) is 5.92 Å². The molecule has 1 rings (SSSR count). The second-order valence-electron chi connectivity index (χ2n) is 5.67. The third kappa shape index (κ3) is 3.46. The van der Waals surface area contributed by atoms with Crippen LogP contribution >= 0.6 is 0 Å². The molecule has 16 heavy (non-hydrogen) atoms. The van der Waals surface area contributed by atoms with Gasteiger partial charge >= 0.3 is 0 Å². The van der Waals surface area contributed by atoms with Crippen LogP contribution in [0.15, 0.2) is 0 Å². The first-order chi connectivity index (χ1) is 7.66. The average Bonchev–Trinajstić information content (AvgIpc) is 2.23. The first-order valence-electron chi connectivity index (χ1n) is 7.11. The number of hydrogen-bond acceptors (Lipinski definition) is 2. The van der Waals surface area contributed by atoms with Crippen molar-refractivity contribution < 1.29 is 0 Å². The molecule has 0 radical (unpaired) electrons. The van der Waals surface area contributed by atoms with Gasteiger partial charge in [-0.05, 0) is 32.2 Å².